The zero-order valence-corrected chi connectivity index (χ0v) is 19.2. The van der Waals surface area contributed by atoms with Crippen LogP contribution in [-0.4, -0.2) is 25.0 Å². The van der Waals surface area contributed by atoms with Gasteiger partial charge in [0.25, 0.3) is 0 Å². The lowest BCUT2D eigenvalue weighted by atomic mass is 9.36. The fourth-order valence-corrected chi connectivity index (χ4v) is 4.63. The van der Waals surface area contributed by atoms with Crippen molar-refractivity contribution in [2.24, 2.45) is 0 Å². The molecule has 1 aliphatic heterocycles. The highest BCUT2D eigenvalue weighted by Crippen LogP contribution is 2.37. The lowest BCUT2D eigenvalue weighted by molar-refractivity contribution is 0.00578. The van der Waals surface area contributed by atoms with Crippen molar-refractivity contribution in [2.75, 3.05) is 0 Å². The maximum atomic E-state index is 6.41. The first-order chi connectivity index (χ1) is 15.4. The second-order valence-corrected chi connectivity index (χ2v) is 9.63. The second kappa shape index (κ2) is 7.95. The molecule has 0 atom stereocenters. The Morgan fingerprint density at radius 2 is 1.06 bits per heavy atom. The summed E-state index contributed by atoms with van der Waals surface area (Å²) in [7, 11) is -0.383. The van der Waals surface area contributed by atoms with E-state index in [-0.39, 0.29) is 25.0 Å². The van der Waals surface area contributed by atoms with Crippen molar-refractivity contribution in [1.29, 1.82) is 0 Å². The Balaban J connectivity index is 1.68. The molecule has 0 amide bonds. The molecule has 1 heterocycles. The monoisotopic (exact) mass is 418 g/mol. The van der Waals surface area contributed by atoms with Crippen molar-refractivity contribution in [1.82, 2.24) is 0 Å². The zero-order chi connectivity index (χ0) is 22.3. The van der Waals surface area contributed by atoms with Crippen molar-refractivity contribution >= 4 is 46.5 Å². The minimum Gasteiger partial charge on any atom is -0.399 e. The summed E-state index contributed by atoms with van der Waals surface area (Å²) in [6, 6.07) is 34.6. The topological polar surface area (TPSA) is 18.5 Å². The van der Waals surface area contributed by atoms with Crippen LogP contribution in [0.5, 0.6) is 0 Å². The van der Waals surface area contributed by atoms with Crippen LogP contribution in [0, 0.1) is 0 Å². The van der Waals surface area contributed by atoms with E-state index in [1.54, 1.807) is 0 Å². The van der Waals surface area contributed by atoms with Gasteiger partial charge in [0.05, 0.1) is 11.2 Å². The van der Waals surface area contributed by atoms with Crippen LogP contribution in [0.25, 0.3) is 10.8 Å². The molecule has 0 N–H and O–H groups in total. The molecule has 0 bridgehead atoms. The van der Waals surface area contributed by atoms with E-state index in [0.717, 1.165) is 5.46 Å². The molecule has 158 valence electrons. The van der Waals surface area contributed by atoms with Crippen LogP contribution >= 0.6 is 0 Å². The van der Waals surface area contributed by atoms with Crippen LogP contribution < -0.4 is 21.9 Å². The standard InChI is InChI=1S/C28H28B2O2/c1-27(2)28(3,4)32-30(31-27)26-20-12-17-23-24(26)18-11-19-25(23)29(21-13-7-5-8-14-21)22-15-9-6-10-16-22/h5-20H,1-4H3. The van der Waals surface area contributed by atoms with E-state index >= 15 is 0 Å². The third-order valence-corrected chi connectivity index (χ3v) is 7.07. The summed E-state index contributed by atoms with van der Waals surface area (Å²) in [6.45, 7) is 8.55. The molecule has 0 spiro atoms. The number of hydrogen-bond donors (Lipinski definition) is 0. The first-order valence-electron chi connectivity index (χ1n) is 11.3. The first-order valence-corrected chi connectivity index (χ1v) is 11.3. The Kier molecular flexibility index (Phi) is 5.23. The van der Waals surface area contributed by atoms with Gasteiger partial charge in [0.2, 0.25) is 6.71 Å². The molecule has 1 saturated heterocycles. The molecule has 0 radical (unpaired) electrons. The van der Waals surface area contributed by atoms with Crippen LogP contribution in [0.4, 0.5) is 0 Å². The molecule has 5 rings (SSSR count). The molecule has 1 aliphatic rings. The summed E-state index contributed by atoms with van der Waals surface area (Å²) in [6.07, 6.45) is 0. The minimum absolute atomic E-state index is 0.148. The van der Waals surface area contributed by atoms with Gasteiger partial charge in [-0.1, -0.05) is 113 Å². The van der Waals surface area contributed by atoms with Crippen molar-refractivity contribution in [3.8, 4) is 0 Å². The van der Waals surface area contributed by atoms with E-state index in [9.17, 15) is 0 Å². The maximum Gasteiger partial charge on any atom is 0.495 e. The average molecular weight is 418 g/mol. The van der Waals surface area contributed by atoms with Crippen molar-refractivity contribution in [3.63, 3.8) is 0 Å². The van der Waals surface area contributed by atoms with E-state index in [0.29, 0.717) is 0 Å². The van der Waals surface area contributed by atoms with Crippen LogP contribution in [-0.2, 0) is 9.31 Å². The quantitative estimate of drug-likeness (QED) is 0.472. The van der Waals surface area contributed by atoms with Gasteiger partial charge in [0.1, 0.15) is 0 Å². The molecule has 1 fully saturated rings. The maximum absolute atomic E-state index is 6.41. The third kappa shape index (κ3) is 3.58. The molecule has 4 aromatic rings. The highest BCUT2D eigenvalue weighted by atomic mass is 16.7. The fourth-order valence-electron chi connectivity index (χ4n) is 4.63. The van der Waals surface area contributed by atoms with Gasteiger partial charge in [0, 0.05) is 0 Å². The van der Waals surface area contributed by atoms with Crippen LogP contribution in [0.2, 0.25) is 0 Å². The Bertz CT molecular complexity index is 1180. The number of hydrogen-bond acceptors (Lipinski definition) is 2. The van der Waals surface area contributed by atoms with Crippen LogP contribution in [0.15, 0.2) is 97.1 Å². The molecular weight excluding hydrogens is 390 g/mol. The highest BCUT2D eigenvalue weighted by Gasteiger charge is 2.52. The van der Waals surface area contributed by atoms with E-state index in [1.807, 2.05) is 0 Å². The molecule has 4 heteroatoms. The Morgan fingerprint density at radius 1 is 0.562 bits per heavy atom. The minimum atomic E-state index is -0.383. The Hall–Kier alpha value is -2.81. The molecule has 0 unspecified atom stereocenters. The van der Waals surface area contributed by atoms with Gasteiger partial charge < -0.3 is 9.31 Å². The van der Waals surface area contributed by atoms with Crippen molar-refractivity contribution in [3.05, 3.63) is 97.1 Å². The predicted octanol–water partition coefficient (Wildman–Crippen LogP) is 3.66. The SMILES string of the molecule is CC1(C)OB(c2cccc3c(B(c4ccccc4)c4ccccc4)cccc23)OC1(C)C. The van der Waals surface area contributed by atoms with Crippen LogP contribution in [0.3, 0.4) is 0 Å². The van der Waals surface area contributed by atoms with Crippen LogP contribution in [0.1, 0.15) is 27.7 Å². The zero-order valence-electron chi connectivity index (χ0n) is 19.2. The lowest BCUT2D eigenvalue weighted by Gasteiger charge is -2.32. The number of rotatable bonds is 4. The summed E-state index contributed by atoms with van der Waals surface area (Å²) in [5.41, 5.74) is 4.21. The van der Waals surface area contributed by atoms with Gasteiger partial charge >= 0.3 is 7.12 Å². The van der Waals surface area contributed by atoms with E-state index in [2.05, 4.69) is 125 Å². The Morgan fingerprint density at radius 3 is 1.62 bits per heavy atom. The average Bonchev–Trinajstić information content (AvgIpc) is 3.02. The summed E-state index contributed by atoms with van der Waals surface area (Å²) in [5, 5.41) is 2.41. The number of fused-ring (bicyclic) bond motifs is 1. The molecule has 4 aromatic carbocycles. The van der Waals surface area contributed by atoms with Crippen molar-refractivity contribution in [2.45, 2.75) is 38.9 Å². The lowest BCUT2D eigenvalue weighted by Crippen LogP contribution is -2.52. The van der Waals surface area contributed by atoms with Gasteiger partial charge in [0.15, 0.2) is 0 Å². The third-order valence-electron chi connectivity index (χ3n) is 7.07. The fraction of sp³-hybridized carbons (Fsp3) is 0.214. The summed E-state index contributed by atoms with van der Waals surface area (Å²) >= 11 is 0. The molecule has 2 nitrogen and oxygen atoms in total. The molecule has 0 saturated carbocycles. The number of benzene rings is 4. The largest absolute Gasteiger partial charge is 0.495 e. The van der Waals surface area contributed by atoms with E-state index in [4.69, 9.17) is 9.31 Å². The van der Waals surface area contributed by atoms with Crippen molar-refractivity contribution < 1.29 is 9.31 Å². The summed E-state index contributed by atoms with van der Waals surface area (Å²) in [5.74, 6) is 0. The highest BCUT2D eigenvalue weighted by molar-refractivity contribution is 6.97. The van der Waals surface area contributed by atoms with E-state index < -0.39 is 0 Å². The van der Waals surface area contributed by atoms with Gasteiger partial charge in [-0.3, -0.25) is 0 Å². The van der Waals surface area contributed by atoms with Gasteiger partial charge in [-0.2, -0.15) is 0 Å². The smallest absolute Gasteiger partial charge is 0.399 e. The predicted molar refractivity (Wildman–Crippen MR) is 137 cm³/mol. The molecule has 32 heavy (non-hydrogen) atoms. The normalized spacial score (nSPS) is 16.9. The molecular formula is C28H28B2O2. The summed E-state index contributed by atoms with van der Waals surface area (Å²) in [4.78, 5) is 0. The molecule has 0 aromatic heterocycles. The van der Waals surface area contributed by atoms with Gasteiger partial charge in [-0.15, -0.1) is 0 Å². The Labute approximate surface area is 191 Å². The van der Waals surface area contributed by atoms with Gasteiger partial charge in [-0.05, 0) is 43.9 Å². The van der Waals surface area contributed by atoms with Gasteiger partial charge in [-0.25, -0.2) is 0 Å². The summed E-state index contributed by atoms with van der Waals surface area (Å²) < 4.78 is 12.8. The second-order valence-electron chi connectivity index (χ2n) is 9.63. The first kappa shape index (κ1) is 21.1. The molecule has 0 aliphatic carbocycles. The van der Waals surface area contributed by atoms with E-state index in [1.165, 1.54) is 27.2 Å².